The molecule has 0 bridgehead atoms. The third-order valence-electron chi connectivity index (χ3n) is 6.78. The van der Waals surface area contributed by atoms with Crippen molar-refractivity contribution in [2.24, 2.45) is 5.92 Å². The van der Waals surface area contributed by atoms with Crippen molar-refractivity contribution in [1.29, 1.82) is 0 Å². The third-order valence-corrected chi connectivity index (χ3v) is 6.78. The molecule has 2 saturated heterocycles. The van der Waals surface area contributed by atoms with Gasteiger partial charge in [-0.3, -0.25) is 9.30 Å². The molecule has 0 amide bonds. The van der Waals surface area contributed by atoms with Crippen molar-refractivity contribution in [2.45, 2.75) is 37.4 Å². The Morgan fingerprint density at radius 1 is 0.830 bits per heavy atom. The summed E-state index contributed by atoms with van der Waals surface area (Å²) in [6, 6.07) is 6.88. The highest BCUT2D eigenvalue weighted by Gasteiger charge is 2.39. The van der Waals surface area contributed by atoms with Gasteiger partial charge in [-0.2, -0.15) is 39.5 Å². The molecule has 2 aliphatic heterocycles. The lowest BCUT2D eigenvalue weighted by Gasteiger charge is -2.39. The Bertz CT molecular complexity index is 1280. The Kier molecular flexibility index (Phi) is 13.6. The van der Waals surface area contributed by atoms with Gasteiger partial charge in [-0.25, -0.2) is 19.4 Å². The molecule has 0 radical (unpaired) electrons. The molecule has 3 aliphatic rings. The minimum Gasteiger partial charge on any atom is -0.475 e. The zero-order valence-electron chi connectivity index (χ0n) is 24.6. The molecule has 47 heavy (non-hydrogen) atoms. The van der Waals surface area contributed by atoms with Crippen molar-refractivity contribution in [2.75, 3.05) is 64.4 Å². The van der Waals surface area contributed by atoms with Gasteiger partial charge in [0.1, 0.15) is 11.5 Å². The highest BCUT2D eigenvalue weighted by Crippen LogP contribution is 2.34. The number of aromatic nitrogens is 2. The van der Waals surface area contributed by atoms with Crippen molar-refractivity contribution >= 4 is 29.4 Å². The van der Waals surface area contributed by atoms with E-state index in [4.69, 9.17) is 39.4 Å². The minimum absolute atomic E-state index is 0.409. The SMILES string of the molecule is CN1CCN(CC2CC2)C(c2cn3c(N4CCOCC4)cccc3n2)C1.O=C(O)C(F)(F)F.O=C(O)C(F)(F)F.O=C(O)C(F)(F)F. The number of imidazole rings is 1. The van der Waals surface area contributed by atoms with Crippen LogP contribution in [0.4, 0.5) is 45.3 Å². The molecule has 266 valence electrons. The molecule has 21 heteroatoms. The summed E-state index contributed by atoms with van der Waals surface area (Å²) < 4.78 is 103. The van der Waals surface area contributed by atoms with Gasteiger partial charge < -0.3 is 29.9 Å². The summed E-state index contributed by atoms with van der Waals surface area (Å²) in [6.07, 6.45) is -10.2. The van der Waals surface area contributed by atoms with Gasteiger partial charge >= 0.3 is 36.4 Å². The quantitative estimate of drug-likeness (QED) is 0.401. The molecular formula is C26H32F9N5O7. The van der Waals surface area contributed by atoms with Crippen LogP contribution in [0.5, 0.6) is 0 Å². The van der Waals surface area contributed by atoms with Gasteiger partial charge in [0.15, 0.2) is 0 Å². The van der Waals surface area contributed by atoms with Crippen LogP contribution in [0, 0.1) is 5.92 Å². The second-order valence-corrected chi connectivity index (χ2v) is 10.5. The number of hydrogen-bond acceptors (Lipinski definition) is 8. The molecule has 0 spiro atoms. The van der Waals surface area contributed by atoms with Gasteiger partial charge in [0.25, 0.3) is 0 Å². The van der Waals surface area contributed by atoms with Gasteiger partial charge in [-0.1, -0.05) is 6.07 Å². The van der Waals surface area contributed by atoms with Crippen LogP contribution in [-0.2, 0) is 19.1 Å². The van der Waals surface area contributed by atoms with Crippen molar-refractivity contribution in [3.63, 3.8) is 0 Å². The number of halogens is 9. The Labute approximate surface area is 260 Å². The lowest BCUT2D eigenvalue weighted by molar-refractivity contribution is -0.193. The largest absolute Gasteiger partial charge is 0.490 e. The van der Waals surface area contributed by atoms with Crippen LogP contribution in [0.1, 0.15) is 24.6 Å². The van der Waals surface area contributed by atoms with Gasteiger partial charge in [-0.15, -0.1) is 0 Å². The van der Waals surface area contributed by atoms with E-state index in [0.29, 0.717) is 6.04 Å². The first-order valence-corrected chi connectivity index (χ1v) is 13.7. The summed E-state index contributed by atoms with van der Waals surface area (Å²) in [7, 11) is 2.23. The number of alkyl halides is 9. The topological polar surface area (TPSA) is 148 Å². The standard InChI is InChI=1S/C20H29N5O.3C2HF3O2/c1-22-7-8-24(13-16-5-6-16)18(15-22)17-14-25-19(21-17)3-2-4-20(25)23-9-11-26-12-10-23;3*3-2(4,5)1(6)7/h2-4,14,16,18H,5-13,15H2,1H3;3*(H,6,7). The zero-order chi connectivity index (χ0) is 35.7. The van der Waals surface area contributed by atoms with Crippen LogP contribution < -0.4 is 4.90 Å². The third kappa shape index (κ3) is 13.1. The van der Waals surface area contributed by atoms with Crippen LogP contribution in [0.2, 0.25) is 0 Å². The van der Waals surface area contributed by atoms with E-state index in [2.05, 4.69) is 50.5 Å². The second-order valence-electron chi connectivity index (χ2n) is 10.5. The van der Waals surface area contributed by atoms with E-state index in [9.17, 15) is 39.5 Å². The molecule has 1 saturated carbocycles. The molecule has 2 aromatic rings. The molecular weight excluding hydrogens is 665 g/mol. The first-order chi connectivity index (χ1) is 21.6. The van der Waals surface area contributed by atoms with E-state index in [-0.39, 0.29) is 0 Å². The summed E-state index contributed by atoms with van der Waals surface area (Å²) >= 11 is 0. The molecule has 3 N–H and O–H groups in total. The normalized spacial score (nSPS) is 19.4. The summed E-state index contributed by atoms with van der Waals surface area (Å²) in [5.41, 5.74) is 2.28. The maximum atomic E-state index is 10.6. The summed E-state index contributed by atoms with van der Waals surface area (Å²) in [6.45, 7) is 8.14. The number of nitrogens with zero attached hydrogens (tertiary/aromatic N) is 5. The Balaban J connectivity index is 0.000000301. The molecule has 4 heterocycles. The maximum absolute atomic E-state index is 10.6. The number of likely N-dealkylation sites (N-methyl/N-ethyl adjacent to an activating group) is 1. The zero-order valence-corrected chi connectivity index (χ0v) is 24.6. The molecule has 1 aliphatic carbocycles. The fourth-order valence-electron chi connectivity index (χ4n) is 4.31. The van der Waals surface area contributed by atoms with E-state index in [1.165, 1.54) is 30.9 Å². The lowest BCUT2D eigenvalue weighted by Crippen LogP contribution is -2.47. The van der Waals surface area contributed by atoms with Crippen LogP contribution in [0.25, 0.3) is 5.65 Å². The van der Waals surface area contributed by atoms with Gasteiger partial charge in [0.05, 0.1) is 24.9 Å². The maximum Gasteiger partial charge on any atom is 0.490 e. The van der Waals surface area contributed by atoms with Gasteiger partial charge in [0, 0.05) is 45.5 Å². The average Bonchev–Trinajstić information content (AvgIpc) is 3.67. The number of anilines is 1. The first kappa shape index (κ1) is 39.3. The second kappa shape index (κ2) is 16.3. The fraction of sp³-hybridized carbons (Fsp3) is 0.615. The number of morpholine rings is 1. The van der Waals surface area contributed by atoms with Crippen LogP contribution >= 0.6 is 0 Å². The van der Waals surface area contributed by atoms with E-state index in [0.717, 1.165) is 57.5 Å². The minimum atomic E-state index is -5.08. The summed E-state index contributed by atoms with van der Waals surface area (Å²) in [5.74, 6) is -6.11. The predicted molar refractivity (Wildman–Crippen MR) is 144 cm³/mol. The smallest absolute Gasteiger partial charge is 0.475 e. The van der Waals surface area contributed by atoms with E-state index in [1.54, 1.807) is 0 Å². The van der Waals surface area contributed by atoms with Crippen molar-refractivity contribution in [3.8, 4) is 0 Å². The number of carbonyl (C=O) groups is 3. The van der Waals surface area contributed by atoms with Crippen molar-refractivity contribution in [1.82, 2.24) is 19.2 Å². The lowest BCUT2D eigenvalue weighted by atomic mass is 10.1. The van der Waals surface area contributed by atoms with Crippen LogP contribution in [0.3, 0.4) is 0 Å². The van der Waals surface area contributed by atoms with Crippen molar-refractivity contribution < 1.29 is 74.0 Å². The number of pyridine rings is 1. The van der Waals surface area contributed by atoms with Crippen molar-refractivity contribution in [3.05, 3.63) is 30.1 Å². The highest BCUT2D eigenvalue weighted by atomic mass is 19.4. The Hall–Kier alpha value is -3.85. The number of carboxylic acids is 3. The predicted octanol–water partition coefficient (Wildman–Crippen LogP) is 3.77. The molecule has 3 fully saturated rings. The number of aliphatic carboxylic acids is 3. The fourth-order valence-corrected chi connectivity index (χ4v) is 4.31. The van der Waals surface area contributed by atoms with E-state index >= 15 is 0 Å². The number of piperazine rings is 1. The monoisotopic (exact) mass is 697 g/mol. The Morgan fingerprint density at radius 2 is 1.32 bits per heavy atom. The molecule has 1 unspecified atom stereocenters. The number of hydrogen-bond donors (Lipinski definition) is 3. The molecule has 12 nitrogen and oxygen atoms in total. The number of carboxylic acid groups (broad SMARTS) is 3. The van der Waals surface area contributed by atoms with E-state index < -0.39 is 36.4 Å². The van der Waals surface area contributed by atoms with Crippen LogP contribution in [-0.4, -0.2) is 130 Å². The highest BCUT2D eigenvalue weighted by molar-refractivity contribution is 5.73. The molecule has 1 atom stereocenters. The van der Waals surface area contributed by atoms with E-state index in [1.807, 2.05) is 0 Å². The summed E-state index contributed by atoms with van der Waals surface area (Å²) in [4.78, 5) is 39.3. The molecule has 0 aromatic carbocycles. The molecule has 2 aromatic heterocycles. The van der Waals surface area contributed by atoms with Gasteiger partial charge in [-0.05, 0) is 37.9 Å². The first-order valence-electron chi connectivity index (χ1n) is 13.7. The Morgan fingerprint density at radius 3 is 1.77 bits per heavy atom. The molecule has 5 rings (SSSR count). The number of ether oxygens (including phenoxy) is 1. The average molecular weight is 698 g/mol. The summed E-state index contributed by atoms with van der Waals surface area (Å²) in [5, 5.41) is 21.4. The van der Waals surface area contributed by atoms with Gasteiger partial charge in [0.2, 0.25) is 0 Å². The number of fused-ring (bicyclic) bond motifs is 1. The number of rotatable bonds is 4. The van der Waals surface area contributed by atoms with Crippen LogP contribution in [0.15, 0.2) is 24.4 Å².